The quantitative estimate of drug-likeness (QED) is 0.824. The Kier molecular flexibility index (Phi) is 2.55. The first-order valence-corrected chi connectivity index (χ1v) is 6.95. The molecule has 0 saturated heterocycles. The Morgan fingerprint density at radius 2 is 1.71 bits per heavy atom. The van der Waals surface area contributed by atoms with Crippen LogP contribution in [0.2, 0.25) is 0 Å². The molecule has 0 radical (unpaired) electrons. The summed E-state index contributed by atoms with van der Waals surface area (Å²) >= 11 is 0. The summed E-state index contributed by atoms with van der Waals surface area (Å²) in [5, 5.41) is 0. The van der Waals surface area contributed by atoms with E-state index in [1.807, 2.05) is 0 Å². The van der Waals surface area contributed by atoms with E-state index in [0.717, 1.165) is 6.54 Å². The van der Waals surface area contributed by atoms with Gasteiger partial charge in [0.2, 0.25) is 0 Å². The molecule has 4 rings (SSSR count). The monoisotopic (exact) mass is 229 g/mol. The number of rotatable bonds is 2. The van der Waals surface area contributed by atoms with Gasteiger partial charge < -0.3 is 5.73 Å². The molecule has 2 N–H and O–H groups in total. The van der Waals surface area contributed by atoms with Gasteiger partial charge in [-0.25, -0.2) is 0 Å². The van der Waals surface area contributed by atoms with Crippen molar-refractivity contribution in [2.24, 2.45) is 11.1 Å². The van der Waals surface area contributed by atoms with E-state index in [0.29, 0.717) is 10.8 Å². The van der Waals surface area contributed by atoms with Gasteiger partial charge in [-0.2, -0.15) is 0 Å². The van der Waals surface area contributed by atoms with Crippen molar-refractivity contribution in [2.45, 2.75) is 50.9 Å². The second-order valence-corrected chi connectivity index (χ2v) is 6.35. The van der Waals surface area contributed by atoms with E-state index in [9.17, 15) is 0 Å². The van der Waals surface area contributed by atoms with Gasteiger partial charge in [0, 0.05) is 0 Å². The number of hydrogen-bond acceptors (Lipinski definition) is 1. The fourth-order valence-electron chi connectivity index (χ4n) is 3.98. The number of nitrogens with two attached hydrogens (primary N) is 1. The van der Waals surface area contributed by atoms with Crippen molar-refractivity contribution >= 4 is 0 Å². The standard InChI is InChI=1S/C16H23N/c1-13-3-2-4-14(11-13)16-8-5-15(12-17,6-9-16)7-10-16/h2-4,11H,5-10,12,17H2,1H3. The molecule has 92 valence electrons. The summed E-state index contributed by atoms with van der Waals surface area (Å²) in [5.74, 6) is 0. The molecule has 1 aromatic carbocycles. The lowest BCUT2D eigenvalue weighted by Gasteiger charge is -2.53. The summed E-state index contributed by atoms with van der Waals surface area (Å²) < 4.78 is 0. The van der Waals surface area contributed by atoms with Crippen LogP contribution in [0.1, 0.15) is 49.7 Å². The van der Waals surface area contributed by atoms with Gasteiger partial charge in [-0.1, -0.05) is 29.8 Å². The zero-order valence-electron chi connectivity index (χ0n) is 10.8. The average molecular weight is 229 g/mol. The van der Waals surface area contributed by atoms with E-state index in [-0.39, 0.29) is 0 Å². The fraction of sp³-hybridized carbons (Fsp3) is 0.625. The Morgan fingerprint density at radius 1 is 1.06 bits per heavy atom. The Balaban J connectivity index is 1.90. The summed E-state index contributed by atoms with van der Waals surface area (Å²) in [4.78, 5) is 0. The largest absolute Gasteiger partial charge is 0.330 e. The molecular weight excluding hydrogens is 206 g/mol. The molecule has 1 aromatic rings. The van der Waals surface area contributed by atoms with Gasteiger partial charge in [-0.15, -0.1) is 0 Å². The summed E-state index contributed by atoms with van der Waals surface area (Å²) in [6, 6.07) is 9.17. The van der Waals surface area contributed by atoms with Crippen LogP contribution in [0.4, 0.5) is 0 Å². The fourth-order valence-corrected chi connectivity index (χ4v) is 3.98. The van der Waals surface area contributed by atoms with Crippen molar-refractivity contribution in [3.63, 3.8) is 0 Å². The van der Waals surface area contributed by atoms with Crippen LogP contribution < -0.4 is 5.73 Å². The zero-order chi connectivity index (χ0) is 11.9. The van der Waals surface area contributed by atoms with Gasteiger partial charge in [0.15, 0.2) is 0 Å². The molecule has 0 heterocycles. The first kappa shape index (κ1) is 11.3. The second kappa shape index (κ2) is 3.84. The summed E-state index contributed by atoms with van der Waals surface area (Å²) in [5.41, 5.74) is 9.96. The minimum absolute atomic E-state index is 0.489. The molecule has 3 aliphatic rings. The number of hydrogen-bond donors (Lipinski definition) is 1. The first-order chi connectivity index (χ1) is 8.18. The molecule has 0 atom stereocenters. The van der Waals surface area contributed by atoms with E-state index in [2.05, 4.69) is 31.2 Å². The predicted octanol–water partition coefficient (Wildman–Crippen LogP) is 3.55. The number of aryl methyl sites for hydroxylation is 1. The second-order valence-electron chi connectivity index (χ2n) is 6.35. The van der Waals surface area contributed by atoms with Crippen LogP contribution in [-0.2, 0) is 5.41 Å². The van der Waals surface area contributed by atoms with E-state index >= 15 is 0 Å². The summed E-state index contributed by atoms with van der Waals surface area (Å²) in [6.45, 7) is 3.10. The third-order valence-corrected chi connectivity index (χ3v) is 5.47. The smallest absolute Gasteiger partial charge is 0.00205 e. The maximum atomic E-state index is 5.98. The van der Waals surface area contributed by atoms with E-state index in [4.69, 9.17) is 5.73 Å². The molecule has 0 amide bonds. The normalized spacial score (nSPS) is 36.1. The number of fused-ring (bicyclic) bond motifs is 3. The van der Waals surface area contributed by atoms with Crippen LogP contribution in [0, 0.1) is 12.3 Å². The van der Waals surface area contributed by atoms with Crippen molar-refractivity contribution < 1.29 is 0 Å². The molecule has 0 spiro atoms. The molecule has 3 aliphatic carbocycles. The Hall–Kier alpha value is -0.820. The van der Waals surface area contributed by atoms with Gasteiger partial charge >= 0.3 is 0 Å². The SMILES string of the molecule is Cc1cccc(C23CCC(CN)(CC2)CC3)c1. The van der Waals surface area contributed by atoms with Crippen LogP contribution in [-0.4, -0.2) is 6.54 Å². The lowest BCUT2D eigenvalue weighted by molar-refractivity contribution is 0.0471. The third kappa shape index (κ3) is 1.72. The molecular formula is C16H23N. The average Bonchev–Trinajstić information content (AvgIpc) is 2.41. The molecule has 0 unspecified atom stereocenters. The van der Waals surface area contributed by atoms with Crippen LogP contribution in [0.5, 0.6) is 0 Å². The van der Waals surface area contributed by atoms with Gasteiger partial charge in [-0.05, 0) is 68.4 Å². The maximum absolute atomic E-state index is 5.98. The van der Waals surface area contributed by atoms with Crippen LogP contribution in [0.15, 0.2) is 24.3 Å². The molecule has 17 heavy (non-hydrogen) atoms. The molecule has 0 aromatic heterocycles. The molecule has 3 saturated carbocycles. The minimum Gasteiger partial charge on any atom is -0.330 e. The van der Waals surface area contributed by atoms with Crippen molar-refractivity contribution in [2.75, 3.05) is 6.54 Å². The van der Waals surface area contributed by atoms with Crippen molar-refractivity contribution in [3.8, 4) is 0 Å². The third-order valence-electron chi connectivity index (χ3n) is 5.47. The highest BCUT2D eigenvalue weighted by Crippen LogP contribution is 2.57. The summed E-state index contributed by atoms with van der Waals surface area (Å²) in [7, 11) is 0. The zero-order valence-corrected chi connectivity index (χ0v) is 10.8. The van der Waals surface area contributed by atoms with Crippen molar-refractivity contribution in [1.82, 2.24) is 0 Å². The number of benzene rings is 1. The van der Waals surface area contributed by atoms with Crippen LogP contribution in [0.25, 0.3) is 0 Å². The Labute approximate surface area is 104 Å². The van der Waals surface area contributed by atoms with Crippen LogP contribution >= 0.6 is 0 Å². The topological polar surface area (TPSA) is 26.0 Å². The molecule has 0 aliphatic heterocycles. The van der Waals surface area contributed by atoms with E-state index < -0.39 is 0 Å². The van der Waals surface area contributed by atoms with Gasteiger partial charge in [0.25, 0.3) is 0 Å². The molecule has 3 fully saturated rings. The Bertz CT molecular complexity index is 397. The lowest BCUT2D eigenvalue weighted by Crippen LogP contribution is -2.47. The van der Waals surface area contributed by atoms with E-state index in [1.54, 1.807) is 5.56 Å². The summed E-state index contributed by atoms with van der Waals surface area (Å²) in [6.07, 6.45) is 8.10. The van der Waals surface area contributed by atoms with E-state index in [1.165, 1.54) is 44.1 Å². The predicted molar refractivity (Wildman–Crippen MR) is 72.0 cm³/mol. The molecule has 2 bridgehead atoms. The Morgan fingerprint density at radius 3 is 2.24 bits per heavy atom. The van der Waals surface area contributed by atoms with Gasteiger partial charge in [0.05, 0.1) is 0 Å². The van der Waals surface area contributed by atoms with Gasteiger partial charge in [-0.3, -0.25) is 0 Å². The highest BCUT2D eigenvalue weighted by atomic mass is 14.6. The molecule has 1 nitrogen and oxygen atoms in total. The minimum atomic E-state index is 0.489. The van der Waals surface area contributed by atoms with Crippen molar-refractivity contribution in [3.05, 3.63) is 35.4 Å². The molecule has 1 heteroatoms. The highest BCUT2D eigenvalue weighted by Gasteiger charge is 2.48. The van der Waals surface area contributed by atoms with Crippen molar-refractivity contribution in [1.29, 1.82) is 0 Å². The lowest BCUT2D eigenvalue weighted by atomic mass is 9.52. The first-order valence-electron chi connectivity index (χ1n) is 6.95. The maximum Gasteiger partial charge on any atom is -0.00205 e. The van der Waals surface area contributed by atoms with Crippen LogP contribution in [0.3, 0.4) is 0 Å². The van der Waals surface area contributed by atoms with Gasteiger partial charge in [0.1, 0.15) is 0 Å². The highest BCUT2D eigenvalue weighted by molar-refractivity contribution is 5.31.